The van der Waals surface area contributed by atoms with E-state index in [4.69, 9.17) is 4.74 Å². The summed E-state index contributed by atoms with van der Waals surface area (Å²) < 4.78 is 5.91. The van der Waals surface area contributed by atoms with E-state index in [0.717, 1.165) is 24.3 Å². The van der Waals surface area contributed by atoms with Crippen molar-refractivity contribution in [2.45, 2.75) is 25.9 Å². The molecule has 1 saturated heterocycles. The lowest BCUT2D eigenvalue weighted by Gasteiger charge is -2.28. The molecule has 1 N–H and O–H groups in total. The van der Waals surface area contributed by atoms with Crippen LogP contribution < -0.4 is 15.0 Å². The molecule has 1 aliphatic rings. The number of carbonyl (C=O) groups excluding carboxylic acids is 1. The fraction of sp³-hybridized carbons (Fsp3) is 0.240. The maximum absolute atomic E-state index is 12.8. The highest BCUT2D eigenvalue weighted by Crippen LogP contribution is 2.24. The Labute approximate surface area is 172 Å². The van der Waals surface area contributed by atoms with Gasteiger partial charge in [0.1, 0.15) is 12.4 Å². The lowest BCUT2D eigenvalue weighted by Crippen LogP contribution is -2.29. The standard InChI is InChI=1S/C25H26N2O2/c28-25(26-21-13-15-22(16-14-21)27-17-7-2-8-18-27)23-11-5-6-12-24(23)29-19-20-9-3-1-4-10-20/h1,3-6,9-16H,2,7-8,17-19H2,(H,26,28). The molecule has 0 aromatic heterocycles. The van der Waals surface area contributed by atoms with Gasteiger partial charge in [-0.1, -0.05) is 42.5 Å². The second-order valence-electron chi connectivity index (χ2n) is 7.32. The molecule has 1 aliphatic heterocycles. The molecule has 0 spiro atoms. The van der Waals surface area contributed by atoms with Gasteiger partial charge < -0.3 is 15.0 Å². The molecule has 0 unspecified atom stereocenters. The van der Waals surface area contributed by atoms with E-state index in [2.05, 4.69) is 22.3 Å². The zero-order chi connectivity index (χ0) is 19.9. The summed E-state index contributed by atoms with van der Waals surface area (Å²) in [7, 11) is 0. The first-order valence-corrected chi connectivity index (χ1v) is 10.2. The molecule has 1 amide bonds. The Morgan fingerprint density at radius 1 is 0.828 bits per heavy atom. The molecule has 148 valence electrons. The third kappa shape index (κ3) is 4.96. The lowest BCUT2D eigenvalue weighted by atomic mass is 10.1. The number of anilines is 2. The van der Waals surface area contributed by atoms with Crippen molar-refractivity contribution in [2.75, 3.05) is 23.3 Å². The van der Waals surface area contributed by atoms with Crippen molar-refractivity contribution < 1.29 is 9.53 Å². The molecular formula is C25H26N2O2. The van der Waals surface area contributed by atoms with Crippen LogP contribution >= 0.6 is 0 Å². The number of nitrogens with zero attached hydrogens (tertiary/aromatic N) is 1. The van der Waals surface area contributed by atoms with E-state index in [9.17, 15) is 4.79 Å². The van der Waals surface area contributed by atoms with Crippen LogP contribution in [0.5, 0.6) is 5.75 Å². The summed E-state index contributed by atoms with van der Waals surface area (Å²) in [5.74, 6) is 0.415. The van der Waals surface area contributed by atoms with Crippen molar-refractivity contribution in [3.8, 4) is 5.75 Å². The van der Waals surface area contributed by atoms with Gasteiger partial charge in [-0.15, -0.1) is 0 Å². The maximum atomic E-state index is 12.8. The maximum Gasteiger partial charge on any atom is 0.259 e. The van der Waals surface area contributed by atoms with Gasteiger partial charge in [-0.3, -0.25) is 4.79 Å². The smallest absolute Gasteiger partial charge is 0.259 e. The highest BCUT2D eigenvalue weighted by Gasteiger charge is 2.14. The molecule has 0 aliphatic carbocycles. The summed E-state index contributed by atoms with van der Waals surface area (Å²) in [5, 5.41) is 2.99. The first-order valence-electron chi connectivity index (χ1n) is 10.2. The summed E-state index contributed by atoms with van der Waals surface area (Å²) in [4.78, 5) is 15.2. The van der Waals surface area contributed by atoms with Crippen LogP contribution in [0.25, 0.3) is 0 Å². The van der Waals surface area contributed by atoms with Crippen LogP contribution in [-0.4, -0.2) is 19.0 Å². The number of piperidine rings is 1. The quantitative estimate of drug-likeness (QED) is 0.607. The molecular weight excluding hydrogens is 360 g/mol. The number of benzene rings is 3. The normalized spacial score (nSPS) is 13.7. The largest absolute Gasteiger partial charge is 0.488 e. The first kappa shape index (κ1) is 19.1. The zero-order valence-corrected chi connectivity index (χ0v) is 16.5. The molecule has 4 nitrogen and oxygen atoms in total. The predicted octanol–water partition coefficient (Wildman–Crippen LogP) is 5.51. The molecule has 0 bridgehead atoms. The minimum absolute atomic E-state index is 0.167. The van der Waals surface area contributed by atoms with E-state index >= 15 is 0 Å². The van der Waals surface area contributed by atoms with Gasteiger partial charge in [0.15, 0.2) is 0 Å². The predicted molar refractivity (Wildman–Crippen MR) is 118 cm³/mol. The molecule has 0 saturated carbocycles. The van der Waals surface area contributed by atoms with Gasteiger partial charge in [0.05, 0.1) is 5.56 Å². The molecule has 29 heavy (non-hydrogen) atoms. The third-order valence-electron chi connectivity index (χ3n) is 5.22. The van der Waals surface area contributed by atoms with Crippen molar-refractivity contribution in [1.82, 2.24) is 0 Å². The van der Waals surface area contributed by atoms with Crippen LogP contribution in [-0.2, 0) is 6.61 Å². The van der Waals surface area contributed by atoms with Crippen molar-refractivity contribution in [1.29, 1.82) is 0 Å². The lowest BCUT2D eigenvalue weighted by molar-refractivity contribution is 0.102. The average Bonchev–Trinajstić information content (AvgIpc) is 2.80. The van der Waals surface area contributed by atoms with Gasteiger partial charge in [0, 0.05) is 24.5 Å². The van der Waals surface area contributed by atoms with Crippen LogP contribution in [0.4, 0.5) is 11.4 Å². The number of ether oxygens (including phenoxy) is 1. The number of para-hydroxylation sites is 1. The van der Waals surface area contributed by atoms with Crippen molar-refractivity contribution in [3.63, 3.8) is 0 Å². The number of carbonyl (C=O) groups is 1. The van der Waals surface area contributed by atoms with Gasteiger partial charge in [-0.05, 0) is 61.2 Å². The summed E-state index contributed by atoms with van der Waals surface area (Å²) >= 11 is 0. The van der Waals surface area contributed by atoms with Crippen LogP contribution in [0.2, 0.25) is 0 Å². The van der Waals surface area contributed by atoms with E-state index in [-0.39, 0.29) is 5.91 Å². The summed E-state index contributed by atoms with van der Waals surface area (Å²) in [6.07, 6.45) is 3.81. The molecule has 3 aromatic rings. The first-order chi connectivity index (χ1) is 14.3. The Morgan fingerprint density at radius 3 is 2.28 bits per heavy atom. The highest BCUT2D eigenvalue weighted by molar-refractivity contribution is 6.06. The Hall–Kier alpha value is -3.27. The molecule has 0 atom stereocenters. The Kier molecular flexibility index (Phi) is 6.10. The summed E-state index contributed by atoms with van der Waals surface area (Å²) in [6, 6.07) is 25.4. The van der Waals surface area contributed by atoms with E-state index in [0.29, 0.717) is 17.9 Å². The topological polar surface area (TPSA) is 41.6 Å². The molecule has 1 heterocycles. The fourth-order valence-corrected chi connectivity index (χ4v) is 3.62. The summed E-state index contributed by atoms with van der Waals surface area (Å²) in [6.45, 7) is 2.64. The third-order valence-corrected chi connectivity index (χ3v) is 5.22. The van der Waals surface area contributed by atoms with E-state index in [1.165, 1.54) is 24.9 Å². The SMILES string of the molecule is O=C(Nc1ccc(N2CCCCC2)cc1)c1ccccc1OCc1ccccc1. The Bertz CT molecular complexity index is 933. The highest BCUT2D eigenvalue weighted by atomic mass is 16.5. The Balaban J connectivity index is 1.41. The minimum atomic E-state index is -0.167. The van der Waals surface area contributed by atoms with Gasteiger partial charge >= 0.3 is 0 Å². The average molecular weight is 386 g/mol. The van der Waals surface area contributed by atoms with Crippen LogP contribution in [0.1, 0.15) is 35.2 Å². The van der Waals surface area contributed by atoms with Gasteiger partial charge in [0.25, 0.3) is 5.91 Å². The second-order valence-corrected chi connectivity index (χ2v) is 7.32. The van der Waals surface area contributed by atoms with Gasteiger partial charge in [0.2, 0.25) is 0 Å². The van der Waals surface area contributed by atoms with E-state index < -0.39 is 0 Å². The molecule has 3 aromatic carbocycles. The number of amides is 1. The van der Waals surface area contributed by atoms with Crippen molar-refractivity contribution in [3.05, 3.63) is 90.0 Å². The number of rotatable bonds is 6. The monoisotopic (exact) mass is 386 g/mol. The molecule has 0 radical (unpaired) electrons. The van der Waals surface area contributed by atoms with E-state index in [1.807, 2.05) is 60.7 Å². The number of hydrogen-bond donors (Lipinski definition) is 1. The molecule has 4 heteroatoms. The minimum Gasteiger partial charge on any atom is -0.488 e. The number of hydrogen-bond acceptors (Lipinski definition) is 3. The van der Waals surface area contributed by atoms with Gasteiger partial charge in [-0.25, -0.2) is 0 Å². The summed E-state index contributed by atoms with van der Waals surface area (Å²) in [5.41, 5.74) is 3.60. The van der Waals surface area contributed by atoms with Crippen LogP contribution in [0.15, 0.2) is 78.9 Å². The van der Waals surface area contributed by atoms with Crippen LogP contribution in [0.3, 0.4) is 0 Å². The molecule has 4 rings (SSSR count). The van der Waals surface area contributed by atoms with Crippen molar-refractivity contribution in [2.24, 2.45) is 0 Å². The van der Waals surface area contributed by atoms with E-state index in [1.54, 1.807) is 6.07 Å². The van der Waals surface area contributed by atoms with Crippen molar-refractivity contribution >= 4 is 17.3 Å². The van der Waals surface area contributed by atoms with Gasteiger partial charge in [-0.2, -0.15) is 0 Å². The number of nitrogens with one attached hydrogen (secondary N) is 1. The van der Waals surface area contributed by atoms with Crippen LogP contribution in [0, 0.1) is 0 Å². The fourth-order valence-electron chi connectivity index (χ4n) is 3.62. The second kappa shape index (κ2) is 9.28. The Morgan fingerprint density at radius 2 is 1.52 bits per heavy atom. The zero-order valence-electron chi connectivity index (χ0n) is 16.5. The molecule has 1 fully saturated rings.